The van der Waals surface area contributed by atoms with Gasteiger partial charge < -0.3 is 15.5 Å². The minimum Gasteiger partial charge on any atom is -0.355 e. The smallest absolute Gasteiger partial charge is 0.224 e. The lowest BCUT2D eigenvalue weighted by Crippen LogP contribution is -2.42. The number of nitrogens with one attached hydrogen (secondary N) is 2. The van der Waals surface area contributed by atoms with Gasteiger partial charge in [0.15, 0.2) is 0 Å². The van der Waals surface area contributed by atoms with Crippen molar-refractivity contribution in [1.82, 2.24) is 15.5 Å². The molecule has 18 heavy (non-hydrogen) atoms. The number of amides is 1. The Morgan fingerprint density at radius 2 is 1.94 bits per heavy atom. The summed E-state index contributed by atoms with van der Waals surface area (Å²) in [6.45, 7) is 6.18. The van der Waals surface area contributed by atoms with Crippen LogP contribution in [0.1, 0.15) is 25.7 Å². The first-order chi connectivity index (χ1) is 7.86. The lowest BCUT2D eigenvalue weighted by Gasteiger charge is -2.22. The van der Waals surface area contributed by atoms with Gasteiger partial charge in [-0.3, -0.25) is 4.79 Å². The quantitative estimate of drug-likeness (QED) is 0.815. The van der Waals surface area contributed by atoms with Gasteiger partial charge in [-0.2, -0.15) is 0 Å². The van der Waals surface area contributed by atoms with E-state index in [0.717, 1.165) is 39.0 Å². The molecule has 0 saturated carbocycles. The molecule has 108 valence electrons. The van der Waals surface area contributed by atoms with Gasteiger partial charge in [-0.1, -0.05) is 0 Å². The molecule has 2 N–H and O–H groups in total. The summed E-state index contributed by atoms with van der Waals surface area (Å²) in [5.41, 5.74) is 0. The van der Waals surface area contributed by atoms with E-state index in [1.165, 1.54) is 25.9 Å². The summed E-state index contributed by atoms with van der Waals surface area (Å²) in [7, 11) is 0. The first-order valence-electron chi connectivity index (χ1n) is 6.57. The standard InChI is InChI=1S/C12H23N3O.2ClH/c16-12(11-4-3-5-13-10-11)14-6-9-15-7-1-2-8-15;;/h11,13H,1-10H2,(H,14,16);2*1H. The van der Waals surface area contributed by atoms with Crippen molar-refractivity contribution in [3.63, 3.8) is 0 Å². The molecule has 0 aromatic rings. The third-order valence-electron chi connectivity index (χ3n) is 3.59. The van der Waals surface area contributed by atoms with E-state index in [9.17, 15) is 4.79 Å². The fourth-order valence-corrected chi connectivity index (χ4v) is 2.56. The Kier molecular flexibility index (Phi) is 9.83. The van der Waals surface area contributed by atoms with Crippen molar-refractivity contribution < 1.29 is 4.79 Å². The predicted molar refractivity (Wildman–Crippen MR) is 78.8 cm³/mol. The average Bonchev–Trinajstić information content (AvgIpc) is 2.83. The van der Waals surface area contributed by atoms with Gasteiger partial charge in [-0.15, -0.1) is 24.8 Å². The summed E-state index contributed by atoms with van der Waals surface area (Å²) < 4.78 is 0. The van der Waals surface area contributed by atoms with Crippen molar-refractivity contribution in [2.24, 2.45) is 5.92 Å². The molecule has 2 heterocycles. The molecule has 0 aromatic carbocycles. The van der Waals surface area contributed by atoms with E-state index >= 15 is 0 Å². The van der Waals surface area contributed by atoms with Gasteiger partial charge in [0.25, 0.3) is 0 Å². The van der Waals surface area contributed by atoms with Crippen LogP contribution in [0.25, 0.3) is 0 Å². The van der Waals surface area contributed by atoms with Gasteiger partial charge in [-0.05, 0) is 45.3 Å². The van der Waals surface area contributed by atoms with Crippen LogP contribution in [-0.2, 0) is 4.79 Å². The number of rotatable bonds is 4. The Bertz CT molecular complexity index is 229. The number of carbonyl (C=O) groups excluding carboxylic acids is 1. The summed E-state index contributed by atoms with van der Waals surface area (Å²) in [6, 6.07) is 0. The molecule has 2 rings (SSSR count). The summed E-state index contributed by atoms with van der Waals surface area (Å²) in [4.78, 5) is 14.2. The molecular formula is C12H25Cl2N3O. The first kappa shape index (κ1) is 18.0. The number of hydrogen-bond donors (Lipinski definition) is 2. The van der Waals surface area contributed by atoms with Crippen molar-refractivity contribution in [1.29, 1.82) is 0 Å². The van der Waals surface area contributed by atoms with Crippen LogP contribution in [0.4, 0.5) is 0 Å². The molecule has 0 bridgehead atoms. The molecule has 0 radical (unpaired) electrons. The van der Waals surface area contributed by atoms with Crippen LogP contribution in [0.5, 0.6) is 0 Å². The van der Waals surface area contributed by atoms with Crippen molar-refractivity contribution in [2.45, 2.75) is 25.7 Å². The zero-order chi connectivity index (χ0) is 11.2. The molecule has 4 nitrogen and oxygen atoms in total. The van der Waals surface area contributed by atoms with E-state index in [-0.39, 0.29) is 36.6 Å². The van der Waals surface area contributed by atoms with Crippen LogP contribution in [0.15, 0.2) is 0 Å². The number of halogens is 2. The van der Waals surface area contributed by atoms with Crippen molar-refractivity contribution >= 4 is 30.7 Å². The molecule has 2 saturated heterocycles. The molecule has 2 fully saturated rings. The van der Waals surface area contributed by atoms with Gasteiger partial charge in [0.2, 0.25) is 5.91 Å². The third-order valence-corrected chi connectivity index (χ3v) is 3.59. The zero-order valence-electron chi connectivity index (χ0n) is 10.8. The SMILES string of the molecule is Cl.Cl.O=C(NCCN1CCCC1)C1CCCNC1. The molecule has 2 aliphatic rings. The van der Waals surface area contributed by atoms with E-state index in [4.69, 9.17) is 0 Å². The van der Waals surface area contributed by atoms with Gasteiger partial charge in [0.1, 0.15) is 0 Å². The molecule has 6 heteroatoms. The highest BCUT2D eigenvalue weighted by atomic mass is 35.5. The van der Waals surface area contributed by atoms with Crippen molar-refractivity contribution in [3.8, 4) is 0 Å². The number of piperidine rings is 1. The largest absolute Gasteiger partial charge is 0.355 e. The first-order valence-corrected chi connectivity index (χ1v) is 6.57. The molecule has 1 amide bonds. The summed E-state index contributed by atoms with van der Waals surface area (Å²) >= 11 is 0. The highest BCUT2D eigenvalue weighted by Crippen LogP contribution is 2.09. The second-order valence-corrected chi connectivity index (χ2v) is 4.88. The Balaban J connectivity index is 0.00000144. The van der Waals surface area contributed by atoms with Gasteiger partial charge >= 0.3 is 0 Å². The maximum atomic E-state index is 11.8. The minimum absolute atomic E-state index is 0. The molecule has 0 aliphatic carbocycles. The lowest BCUT2D eigenvalue weighted by molar-refractivity contribution is -0.125. The summed E-state index contributed by atoms with van der Waals surface area (Å²) in [5, 5.41) is 6.33. The van der Waals surface area contributed by atoms with Crippen LogP contribution in [0.3, 0.4) is 0 Å². The maximum Gasteiger partial charge on any atom is 0.224 e. The molecule has 0 aromatic heterocycles. The molecule has 1 atom stereocenters. The highest BCUT2D eigenvalue weighted by molar-refractivity contribution is 5.85. The van der Waals surface area contributed by atoms with Crippen molar-refractivity contribution in [3.05, 3.63) is 0 Å². The molecule has 0 spiro atoms. The molecule has 2 aliphatic heterocycles. The van der Waals surface area contributed by atoms with Gasteiger partial charge in [0.05, 0.1) is 5.92 Å². The van der Waals surface area contributed by atoms with Crippen LogP contribution in [-0.4, -0.2) is 50.1 Å². The van der Waals surface area contributed by atoms with Crippen LogP contribution >= 0.6 is 24.8 Å². The Morgan fingerprint density at radius 1 is 1.22 bits per heavy atom. The Morgan fingerprint density at radius 3 is 2.56 bits per heavy atom. The molecule has 1 unspecified atom stereocenters. The summed E-state index contributed by atoms with van der Waals surface area (Å²) in [6.07, 6.45) is 4.81. The Labute approximate surface area is 122 Å². The van der Waals surface area contributed by atoms with E-state index in [2.05, 4.69) is 15.5 Å². The van der Waals surface area contributed by atoms with Crippen molar-refractivity contribution in [2.75, 3.05) is 39.3 Å². The second-order valence-electron chi connectivity index (χ2n) is 4.88. The zero-order valence-corrected chi connectivity index (χ0v) is 12.5. The third kappa shape index (κ3) is 5.74. The number of hydrogen-bond acceptors (Lipinski definition) is 3. The van der Waals surface area contributed by atoms with E-state index in [1.807, 2.05) is 0 Å². The van der Waals surface area contributed by atoms with Crippen LogP contribution in [0.2, 0.25) is 0 Å². The maximum absolute atomic E-state index is 11.8. The summed E-state index contributed by atoms with van der Waals surface area (Å²) in [5.74, 6) is 0.443. The lowest BCUT2D eigenvalue weighted by atomic mass is 9.99. The highest BCUT2D eigenvalue weighted by Gasteiger charge is 2.20. The minimum atomic E-state index is 0. The Hall–Kier alpha value is -0.0300. The van der Waals surface area contributed by atoms with Gasteiger partial charge in [-0.25, -0.2) is 0 Å². The normalized spacial score (nSPS) is 23.9. The van der Waals surface area contributed by atoms with E-state index < -0.39 is 0 Å². The van der Waals surface area contributed by atoms with E-state index in [1.54, 1.807) is 0 Å². The number of carbonyl (C=O) groups is 1. The number of nitrogens with zero attached hydrogens (tertiary/aromatic N) is 1. The average molecular weight is 298 g/mol. The second kappa shape index (κ2) is 9.84. The topological polar surface area (TPSA) is 44.4 Å². The monoisotopic (exact) mass is 297 g/mol. The van der Waals surface area contributed by atoms with Crippen LogP contribution in [0, 0.1) is 5.92 Å². The van der Waals surface area contributed by atoms with Crippen LogP contribution < -0.4 is 10.6 Å². The number of likely N-dealkylation sites (tertiary alicyclic amines) is 1. The van der Waals surface area contributed by atoms with Gasteiger partial charge in [0, 0.05) is 19.6 Å². The fourth-order valence-electron chi connectivity index (χ4n) is 2.56. The van der Waals surface area contributed by atoms with E-state index in [0.29, 0.717) is 0 Å². The molecular weight excluding hydrogens is 273 g/mol. The fraction of sp³-hybridized carbons (Fsp3) is 0.917. The predicted octanol–water partition coefficient (Wildman–Crippen LogP) is 1.04.